The SMILES string of the molecule is NC1CC(N2CCOC3CCCCC32)c2ccccc21. The molecule has 108 valence electrons. The van der Waals surface area contributed by atoms with Crippen molar-refractivity contribution in [2.45, 2.75) is 56.3 Å². The zero-order valence-electron chi connectivity index (χ0n) is 12.0. The molecule has 20 heavy (non-hydrogen) atoms. The predicted molar refractivity (Wildman–Crippen MR) is 79.4 cm³/mol. The van der Waals surface area contributed by atoms with Crippen LogP contribution < -0.4 is 5.73 Å². The summed E-state index contributed by atoms with van der Waals surface area (Å²) in [4.78, 5) is 2.71. The van der Waals surface area contributed by atoms with Crippen LogP contribution >= 0.6 is 0 Å². The highest BCUT2D eigenvalue weighted by atomic mass is 16.5. The van der Waals surface area contributed by atoms with Crippen LogP contribution in [0, 0.1) is 0 Å². The highest BCUT2D eigenvalue weighted by molar-refractivity contribution is 5.37. The topological polar surface area (TPSA) is 38.5 Å². The van der Waals surface area contributed by atoms with E-state index in [1.54, 1.807) is 0 Å². The summed E-state index contributed by atoms with van der Waals surface area (Å²) in [6, 6.07) is 10.1. The third-order valence-electron chi connectivity index (χ3n) is 5.41. The lowest BCUT2D eigenvalue weighted by Gasteiger charge is -2.46. The van der Waals surface area contributed by atoms with Crippen LogP contribution in [0.2, 0.25) is 0 Å². The monoisotopic (exact) mass is 272 g/mol. The molecule has 4 unspecified atom stereocenters. The molecule has 2 N–H and O–H groups in total. The number of nitrogens with zero attached hydrogens (tertiary/aromatic N) is 1. The quantitative estimate of drug-likeness (QED) is 0.854. The Morgan fingerprint density at radius 2 is 1.90 bits per heavy atom. The van der Waals surface area contributed by atoms with Gasteiger partial charge in [0.25, 0.3) is 0 Å². The lowest BCUT2D eigenvalue weighted by atomic mass is 9.88. The van der Waals surface area contributed by atoms with Crippen LogP contribution in [0.3, 0.4) is 0 Å². The number of rotatable bonds is 1. The van der Waals surface area contributed by atoms with Crippen LogP contribution in [-0.4, -0.2) is 30.2 Å². The van der Waals surface area contributed by atoms with Gasteiger partial charge in [0.2, 0.25) is 0 Å². The molecule has 2 aliphatic carbocycles. The number of morpholine rings is 1. The minimum absolute atomic E-state index is 0.209. The van der Waals surface area contributed by atoms with Gasteiger partial charge in [0.1, 0.15) is 0 Å². The lowest BCUT2D eigenvalue weighted by molar-refractivity contribution is -0.103. The van der Waals surface area contributed by atoms with Crippen LogP contribution in [-0.2, 0) is 4.74 Å². The highest BCUT2D eigenvalue weighted by Crippen LogP contribution is 2.44. The molecule has 0 amide bonds. The Morgan fingerprint density at radius 1 is 1.10 bits per heavy atom. The molecular formula is C17H24N2O. The van der Waals surface area contributed by atoms with E-state index in [0.717, 1.165) is 19.6 Å². The van der Waals surface area contributed by atoms with Gasteiger partial charge in [0, 0.05) is 24.7 Å². The fraction of sp³-hybridized carbons (Fsp3) is 0.647. The third-order valence-corrected chi connectivity index (χ3v) is 5.41. The molecule has 0 aromatic heterocycles. The van der Waals surface area contributed by atoms with Gasteiger partial charge in [-0.15, -0.1) is 0 Å². The van der Waals surface area contributed by atoms with Crippen LogP contribution in [0.5, 0.6) is 0 Å². The summed E-state index contributed by atoms with van der Waals surface area (Å²) in [5, 5.41) is 0. The minimum atomic E-state index is 0.209. The zero-order chi connectivity index (χ0) is 13.5. The Bertz CT molecular complexity index is 488. The van der Waals surface area contributed by atoms with Gasteiger partial charge in [-0.1, -0.05) is 37.1 Å². The Labute approximate surface area is 121 Å². The molecule has 3 nitrogen and oxygen atoms in total. The van der Waals surface area contributed by atoms with Gasteiger partial charge in [0.05, 0.1) is 12.7 Å². The molecule has 4 atom stereocenters. The second kappa shape index (κ2) is 5.14. The zero-order valence-corrected chi connectivity index (χ0v) is 12.0. The molecule has 3 aliphatic rings. The number of benzene rings is 1. The Kier molecular flexibility index (Phi) is 3.29. The molecule has 3 heteroatoms. The minimum Gasteiger partial charge on any atom is -0.375 e. The maximum atomic E-state index is 6.35. The van der Waals surface area contributed by atoms with Crippen molar-refractivity contribution < 1.29 is 4.74 Å². The molecule has 1 heterocycles. The number of nitrogens with two attached hydrogens (primary N) is 1. The summed E-state index contributed by atoms with van der Waals surface area (Å²) >= 11 is 0. The van der Waals surface area contributed by atoms with E-state index in [1.807, 2.05) is 0 Å². The second-order valence-electron chi connectivity index (χ2n) is 6.49. The molecule has 1 aliphatic heterocycles. The van der Waals surface area contributed by atoms with Gasteiger partial charge in [-0.3, -0.25) is 4.90 Å². The first-order valence-corrected chi connectivity index (χ1v) is 8.06. The van der Waals surface area contributed by atoms with Crippen LogP contribution in [0.25, 0.3) is 0 Å². The summed E-state index contributed by atoms with van der Waals surface area (Å²) in [5.74, 6) is 0. The van der Waals surface area contributed by atoms with Crippen molar-refractivity contribution in [1.29, 1.82) is 0 Å². The van der Waals surface area contributed by atoms with Crippen molar-refractivity contribution in [1.82, 2.24) is 4.90 Å². The first-order valence-electron chi connectivity index (χ1n) is 8.06. The molecule has 4 rings (SSSR count). The van der Waals surface area contributed by atoms with Crippen molar-refractivity contribution in [3.8, 4) is 0 Å². The van der Waals surface area contributed by atoms with Crippen molar-refractivity contribution in [3.63, 3.8) is 0 Å². The maximum Gasteiger partial charge on any atom is 0.0731 e. The molecule has 1 saturated heterocycles. The lowest BCUT2D eigenvalue weighted by Crippen LogP contribution is -2.53. The molecule has 0 spiro atoms. The van der Waals surface area contributed by atoms with Crippen molar-refractivity contribution in [3.05, 3.63) is 35.4 Å². The number of ether oxygens (including phenoxy) is 1. The fourth-order valence-corrected chi connectivity index (χ4v) is 4.47. The molecule has 1 saturated carbocycles. The van der Waals surface area contributed by atoms with Gasteiger partial charge in [-0.2, -0.15) is 0 Å². The first-order chi connectivity index (χ1) is 9.84. The standard InChI is InChI=1S/C17H24N2O/c18-14-11-16(13-6-2-1-5-12(13)14)19-9-10-20-17-8-4-3-7-15(17)19/h1-2,5-6,14-17H,3-4,7-11,18H2. The summed E-state index contributed by atoms with van der Waals surface area (Å²) in [7, 11) is 0. The Balaban J connectivity index is 1.64. The van der Waals surface area contributed by atoms with Crippen LogP contribution in [0.1, 0.15) is 55.3 Å². The van der Waals surface area contributed by atoms with E-state index in [0.29, 0.717) is 18.2 Å². The van der Waals surface area contributed by atoms with Gasteiger partial charge in [-0.05, 0) is 30.4 Å². The number of hydrogen-bond acceptors (Lipinski definition) is 3. The van der Waals surface area contributed by atoms with Crippen molar-refractivity contribution in [2.75, 3.05) is 13.2 Å². The molecule has 1 aromatic rings. The predicted octanol–water partition coefficient (Wildman–Crippen LogP) is 2.77. The van der Waals surface area contributed by atoms with Gasteiger partial charge in [0.15, 0.2) is 0 Å². The van der Waals surface area contributed by atoms with Crippen LogP contribution in [0.4, 0.5) is 0 Å². The average molecular weight is 272 g/mol. The van der Waals surface area contributed by atoms with E-state index in [2.05, 4.69) is 29.2 Å². The molecule has 0 radical (unpaired) electrons. The largest absolute Gasteiger partial charge is 0.375 e. The van der Waals surface area contributed by atoms with E-state index in [1.165, 1.54) is 36.8 Å². The second-order valence-corrected chi connectivity index (χ2v) is 6.49. The van der Waals surface area contributed by atoms with Crippen molar-refractivity contribution >= 4 is 0 Å². The van der Waals surface area contributed by atoms with E-state index in [-0.39, 0.29) is 6.04 Å². The highest BCUT2D eigenvalue weighted by Gasteiger charge is 2.41. The smallest absolute Gasteiger partial charge is 0.0731 e. The molecule has 0 bridgehead atoms. The van der Waals surface area contributed by atoms with E-state index in [9.17, 15) is 0 Å². The normalized spacial score (nSPS) is 37.5. The fourth-order valence-electron chi connectivity index (χ4n) is 4.47. The molecule has 2 fully saturated rings. The van der Waals surface area contributed by atoms with Gasteiger partial charge < -0.3 is 10.5 Å². The average Bonchev–Trinajstić information content (AvgIpc) is 2.84. The summed E-state index contributed by atoms with van der Waals surface area (Å²) in [6.45, 7) is 1.95. The van der Waals surface area contributed by atoms with E-state index >= 15 is 0 Å². The van der Waals surface area contributed by atoms with E-state index in [4.69, 9.17) is 10.5 Å². The Hall–Kier alpha value is -0.900. The number of hydrogen-bond donors (Lipinski definition) is 1. The maximum absolute atomic E-state index is 6.35. The molecular weight excluding hydrogens is 248 g/mol. The summed E-state index contributed by atoms with van der Waals surface area (Å²) in [5.41, 5.74) is 9.18. The van der Waals surface area contributed by atoms with E-state index < -0.39 is 0 Å². The first kappa shape index (κ1) is 12.8. The van der Waals surface area contributed by atoms with Crippen LogP contribution in [0.15, 0.2) is 24.3 Å². The third kappa shape index (κ3) is 2.00. The van der Waals surface area contributed by atoms with Crippen molar-refractivity contribution in [2.24, 2.45) is 5.73 Å². The van der Waals surface area contributed by atoms with Gasteiger partial charge in [-0.25, -0.2) is 0 Å². The van der Waals surface area contributed by atoms with Gasteiger partial charge >= 0.3 is 0 Å². The number of fused-ring (bicyclic) bond motifs is 2. The molecule has 1 aromatic carbocycles. The summed E-state index contributed by atoms with van der Waals surface area (Å²) < 4.78 is 6.01. The summed E-state index contributed by atoms with van der Waals surface area (Å²) in [6.07, 6.45) is 6.74. The Morgan fingerprint density at radius 3 is 2.80 bits per heavy atom.